The van der Waals surface area contributed by atoms with E-state index in [1.54, 1.807) is 6.07 Å². The lowest BCUT2D eigenvalue weighted by molar-refractivity contribution is 0.282. The highest BCUT2D eigenvalue weighted by Crippen LogP contribution is 2.36. The van der Waals surface area contributed by atoms with E-state index in [-0.39, 0.29) is 12.4 Å². The van der Waals surface area contributed by atoms with Gasteiger partial charge >= 0.3 is 0 Å². The summed E-state index contributed by atoms with van der Waals surface area (Å²) in [5.41, 5.74) is 2.65. The molecular weight excluding hydrogens is 236 g/mol. The van der Waals surface area contributed by atoms with Crippen molar-refractivity contribution in [3.63, 3.8) is 0 Å². The third-order valence-corrected chi connectivity index (χ3v) is 3.33. The van der Waals surface area contributed by atoms with E-state index in [0.717, 1.165) is 27.5 Å². The number of aromatic hydroxyl groups is 1. The standard InChI is InChI=1S/C17H14O2/c18-11-12-5-7-14(8-6-12)17-15-4-2-1-3-13(15)9-10-16(17)19/h1-10,18-19H,11H2. The van der Waals surface area contributed by atoms with Crippen LogP contribution < -0.4 is 0 Å². The van der Waals surface area contributed by atoms with Crippen molar-refractivity contribution in [2.24, 2.45) is 0 Å². The molecule has 0 saturated heterocycles. The predicted molar refractivity (Wildman–Crippen MR) is 77.0 cm³/mol. The lowest BCUT2D eigenvalue weighted by Gasteiger charge is -2.10. The van der Waals surface area contributed by atoms with Crippen LogP contribution >= 0.6 is 0 Å². The molecular formula is C17H14O2. The number of benzene rings is 3. The van der Waals surface area contributed by atoms with Gasteiger partial charge in [0.1, 0.15) is 5.75 Å². The smallest absolute Gasteiger partial charge is 0.124 e. The number of phenolic OH excluding ortho intramolecular Hbond substituents is 1. The quantitative estimate of drug-likeness (QED) is 0.728. The third-order valence-electron chi connectivity index (χ3n) is 3.33. The Bertz CT molecular complexity index is 715. The molecule has 0 atom stereocenters. The molecule has 0 amide bonds. The van der Waals surface area contributed by atoms with Crippen LogP contribution in [0.4, 0.5) is 0 Å². The molecule has 3 rings (SSSR count). The van der Waals surface area contributed by atoms with Crippen LogP contribution in [-0.4, -0.2) is 10.2 Å². The largest absolute Gasteiger partial charge is 0.507 e. The summed E-state index contributed by atoms with van der Waals surface area (Å²) in [4.78, 5) is 0. The van der Waals surface area contributed by atoms with Crippen LogP contribution in [0.15, 0.2) is 60.7 Å². The van der Waals surface area contributed by atoms with Gasteiger partial charge in [-0.3, -0.25) is 0 Å². The van der Waals surface area contributed by atoms with Gasteiger partial charge in [-0.1, -0.05) is 54.6 Å². The minimum Gasteiger partial charge on any atom is -0.507 e. The highest BCUT2D eigenvalue weighted by Gasteiger charge is 2.08. The van der Waals surface area contributed by atoms with Crippen LogP contribution in [-0.2, 0) is 6.61 Å². The molecule has 0 bridgehead atoms. The number of fused-ring (bicyclic) bond motifs is 1. The number of aliphatic hydroxyl groups is 1. The maximum atomic E-state index is 10.1. The minimum atomic E-state index is 0.0296. The molecule has 2 nitrogen and oxygen atoms in total. The third kappa shape index (κ3) is 2.07. The van der Waals surface area contributed by atoms with Gasteiger partial charge in [-0.05, 0) is 28.0 Å². The Morgan fingerprint density at radius 3 is 2.26 bits per heavy atom. The van der Waals surface area contributed by atoms with Crippen molar-refractivity contribution in [3.05, 3.63) is 66.2 Å². The molecule has 0 heterocycles. The summed E-state index contributed by atoms with van der Waals surface area (Å²) in [6, 6.07) is 19.2. The highest BCUT2D eigenvalue weighted by atomic mass is 16.3. The van der Waals surface area contributed by atoms with E-state index in [1.165, 1.54) is 0 Å². The molecule has 3 aromatic carbocycles. The molecule has 0 aliphatic rings. The van der Waals surface area contributed by atoms with E-state index in [1.807, 2.05) is 54.6 Å². The van der Waals surface area contributed by atoms with Gasteiger partial charge < -0.3 is 10.2 Å². The van der Waals surface area contributed by atoms with E-state index in [9.17, 15) is 5.11 Å². The van der Waals surface area contributed by atoms with Crippen LogP contribution in [0.2, 0.25) is 0 Å². The Labute approximate surface area is 111 Å². The Hall–Kier alpha value is -2.32. The van der Waals surface area contributed by atoms with Gasteiger partial charge in [0, 0.05) is 5.56 Å². The summed E-state index contributed by atoms with van der Waals surface area (Å²) < 4.78 is 0. The predicted octanol–water partition coefficient (Wildman–Crippen LogP) is 3.70. The molecule has 2 heteroatoms. The SMILES string of the molecule is OCc1ccc(-c2c(O)ccc3ccccc23)cc1. The van der Waals surface area contributed by atoms with E-state index < -0.39 is 0 Å². The van der Waals surface area contributed by atoms with Crippen molar-refractivity contribution in [2.75, 3.05) is 0 Å². The van der Waals surface area contributed by atoms with Crippen LogP contribution in [0.3, 0.4) is 0 Å². The molecule has 94 valence electrons. The van der Waals surface area contributed by atoms with Crippen LogP contribution in [0.1, 0.15) is 5.56 Å². The Morgan fingerprint density at radius 2 is 1.53 bits per heavy atom. The molecule has 19 heavy (non-hydrogen) atoms. The summed E-state index contributed by atoms with van der Waals surface area (Å²) in [5.74, 6) is 0.274. The topological polar surface area (TPSA) is 40.5 Å². The highest BCUT2D eigenvalue weighted by molar-refractivity contribution is 5.99. The van der Waals surface area contributed by atoms with Gasteiger partial charge in [0.15, 0.2) is 0 Å². The minimum absolute atomic E-state index is 0.0296. The van der Waals surface area contributed by atoms with Gasteiger partial charge in [0.05, 0.1) is 6.61 Å². The summed E-state index contributed by atoms with van der Waals surface area (Å²) in [6.07, 6.45) is 0. The number of hydrogen-bond acceptors (Lipinski definition) is 2. The average Bonchev–Trinajstić information content (AvgIpc) is 2.47. The monoisotopic (exact) mass is 250 g/mol. The molecule has 0 unspecified atom stereocenters. The first-order chi connectivity index (χ1) is 9.29. The van der Waals surface area contributed by atoms with Crippen molar-refractivity contribution in [1.29, 1.82) is 0 Å². The molecule has 0 spiro atoms. The van der Waals surface area contributed by atoms with E-state index in [4.69, 9.17) is 5.11 Å². The zero-order valence-electron chi connectivity index (χ0n) is 10.4. The van der Waals surface area contributed by atoms with Crippen LogP contribution in [0, 0.1) is 0 Å². The van der Waals surface area contributed by atoms with Gasteiger partial charge in [-0.2, -0.15) is 0 Å². The molecule has 2 N–H and O–H groups in total. The molecule has 0 fully saturated rings. The Morgan fingerprint density at radius 1 is 0.789 bits per heavy atom. The van der Waals surface area contributed by atoms with Gasteiger partial charge in [0.25, 0.3) is 0 Å². The fourth-order valence-corrected chi connectivity index (χ4v) is 2.34. The number of aliphatic hydroxyl groups excluding tert-OH is 1. The second-order valence-electron chi connectivity index (χ2n) is 4.54. The lowest BCUT2D eigenvalue weighted by Crippen LogP contribution is -1.85. The fourth-order valence-electron chi connectivity index (χ4n) is 2.34. The van der Waals surface area contributed by atoms with Crippen LogP contribution in [0.25, 0.3) is 21.9 Å². The summed E-state index contributed by atoms with van der Waals surface area (Å²) in [6.45, 7) is 0.0296. The number of phenols is 1. The van der Waals surface area contributed by atoms with E-state index in [2.05, 4.69) is 0 Å². The summed E-state index contributed by atoms with van der Waals surface area (Å²) >= 11 is 0. The van der Waals surface area contributed by atoms with Crippen LogP contribution in [0.5, 0.6) is 5.75 Å². The molecule has 0 aromatic heterocycles. The zero-order valence-corrected chi connectivity index (χ0v) is 10.4. The summed E-state index contributed by atoms with van der Waals surface area (Å²) in [5, 5.41) is 21.3. The number of rotatable bonds is 2. The normalized spacial score (nSPS) is 10.8. The van der Waals surface area contributed by atoms with Gasteiger partial charge in [-0.15, -0.1) is 0 Å². The van der Waals surface area contributed by atoms with Crippen molar-refractivity contribution >= 4 is 10.8 Å². The van der Waals surface area contributed by atoms with Gasteiger partial charge in [-0.25, -0.2) is 0 Å². The fraction of sp³-hybridized carbons (Fsp3) is 0.0588. The lowest BCUT2D eigenvalue weighted by atomic mass is 9.96. The average molecular weight is 250 g/mol. The molecule has 0 radical (unpaired) electrons. The van der Waals surface area contributed by atoms with Crippen molar-refractivity contribution in [2.45, 2.75) is 6.61 Å². The second-order valence-corrected chi connectivity index (χ2v) is 4.54. The molecule has 3 aromatic rings. The first kappa shape index (κ1) is 11.8. The van der Waals surface area contributed by atoms with Crippen molar-refractivity contribution < 1.29 is 10.2 Å². The van der Waals surface area contributed by atoms with E-state index in [0.29, 0.717) is 0 Å². The maximum absolute atomic E-state index is 10.1. The molecule has 0 saturated carbocycles. The van der Waals surface area contributed by atoms with Gasteiger partial charge in [0.2, 0.25) is 0 Å². The Balaban J connectivity index is 2.25. The second kappa shape index (κ2) is 4.75. The van der Waals surface area contributed by atoms with E-state index >= 15 is 0 Å². The molecule has 0 aliphatic heterocycles. The first-order valence-corrected chi connectivity index (χ1v) is 6.20. The summed E-state index contributed by atoms with van der Waals surface area (Å²) in [7, 11) is 0. The maximum Gasteiger partial charge on any atom is 0.124 e. The zero-order chi connectivity index (χ0) is 13.2. The Kier molecular flexibility index (Phi) is 2.94. The van der Waals surface area contributed by atoms with Crippen molar-refractivity contribution in [1.82, 2.24) is 0 Å². The van der Waals surface area contributed by atoms with Crippen molar-refractivity contribution in [3.8, 4) is 16.9 Å². The molecule has 0 aliphatic carbocycles. The first-order valence-electron chi connectivity index (χ1n) is 6.20. The number of hydrogen-bond donors (Lipinski definition) is 2.